The van der Waals surface area contributed by atoms with Crippen LogP contribution in [0.15, 0.2) is 71.3 Å². The summed E-state index contributed by atoms with van der Waals surface area (Å²) in [5.74, 6) is -0.0777. The third-order valence-corrected chi connectivity index (χ3v) is 7.28. The molecule has 1 saturated heterocycles. The number of likely N-dealkylation sites (N-methyl/N-ethyl adjacent to an activating group) is 1. The van der Waals surface area contributed by atoms with Gasteiger partial charge in [0.1, 0.15) is 11.0 Å². The van der Waals surface area contributed by atoms with Crippen molar-refractivity contribution in [1.29, 1.82) is 0 Å². The average Bonchev–Trinajstić information content (AvgIpc) is 2.85. The van der Waals surface area contributed by atoms with Crippen LogP contribution in [0.2, 0.25) is 5.02 Å². The predicted octanol–water partition coefficient (Wildman–Crippen LogP) is 3.71. The van der Waals surface area contributed by atoms with Gasteiger partial charge in [0.2, 0.25) is 5.91 Å². The zero-order valence-corrected chi connectivity index (χ0v) is 20.7. The van der Waals surface area contributed by atoms with Gasteiger partial charge in [-0.1, -0.05) is 17.7 Å². The molecule has 1 N–H and O–H groups in total. The minimum atomic E-state index is -1.57. The van der Waals surface area contributed by atoms with Crippen LogP contribution in [0.25, 0.3) is 0 Å². The molecule has 0 aliphatic carbocycles. The highest BCUT2D eigenvalue weighted by molar-refractivity contribution is 7.86. The summed E-state index contributed by atoms with van der Waals surface area (Å²) in [6.45, 7) is 5.14. The fourth-order valence-corrected chi connectivity index (χ4v) is 4.97. The maximum absolute atomic E-state index is 13.1. The highest BCUT2D eigenvalue weighted by Crippen LogP contribution is 2.27. The second kappa shape index (κ2) is 10.4. The number of nitrogens with one attached hydrogen (secondary N) is 1. The number of anilines is 2. The number of carbonyl (C=O) groups is 2. The zero-order chi connectivity index (χ0) is 24.2. The number of amides is 1. The summed E-state index contributed by atoms with van der Waals surface area (Å²) in [6.07, 6.45) is 5.48. The average molecular weight is 499 g/mol. The molecule has 1 amide bonds. The van der Waals surface area contributed by atoms with Gasteiger partial charge in [-0.2, -0.15) is 0 Å². The van der Waals surface area contributed by atoms with Crippen molar-refractivity contribution in [2.45, 2.75) is 11.8 Å². The standard InChI is InChI=1S/C25H27ClN4O3S/c1-18(31)29-13-15-30(16-14-29)21-4-6-22(7-5-21)34(33)27-24-8-3-20(26)17-23(24)25(32)19-9-11-28(2)12-10-19/h3-11,17,27H,12-16H2,1-2H3. The van der Waals surface area contributed by atoms with Crippen molar-refractivity contribution in [1.82, 2.24) is 9.80 Å². The summed E-state index contributed by atoms with van der Waals surface area (Å²) in [4.78, 5) is 31.3. The minimum Gasteiger partial charge on any atom is -0.377 e. The summed E-state index contributed by atoms with van der Waals surface area (Å²) < 4.78 is 16.0. The lowest BCUT2D eigenvalue weighted by molar-refractivity contribution is -0.129. The predicted molar refractivity (Wildman–Crippen MR) is 137 cm³/mol. The van der Waals surface area contributed by atoms with Gasteiger partial charge in [0.25, 0.3) is 0 Å². The molecule has 9 heteroatoms. The largest absolute Gasteiger partial charge is 0.377 e. The Morgan fingerprint density at radius 3 is 2.35 bits per heavy atom. The Labute approximate surface area is 207 Å². The first-order chi connectivity index (χ1) is 16.3. The summed E-state index contributed by atoms with van der Waals surface area (Å²) in [7, 11) is 0.366. The molecule has 2 aliphatic rings. The van der Waals surface area contributed by atoms with Gasteiger partial charge in [-0.15, -0.1) is 0 Å². The number of allylic oxidation sites excluding steroid dienone is 2. The Morgan fingerprint density at radius 1 is 1.03 bits per heavy atom. The van der Waals surface area contributed by atoms with E-state index < -0.39 is 11.0 Å². The number of ketones is 1. The van der Waals surface area contributed by atoms with E-state index in [1.54, 1.807) is 31.2 Å². The van der Waals surface area contributed by atoms with Crippen LogP contribution in [0.3, 0.4) is 0 Å². The molecule has 7 nitrogen and oxygen atoms in total. The van der Waals surface area contributed by atoms with Crippen molar-refractivity contribution in [3.05, 3.63) is 77.0 Å². The third-order valence-electron chi connectivity index (χ3n) is 5.94. The van der Waals surface area contributed by atoms with Crippen molar-refractivity contribution < 1.29 is 13.8 Å². The molecule has 0 bridgehead atoms. The van der Waals surface area contributed by atoms with E-state index in [4.69, 9.17) is 11.6 Å². The molecular weight excluding hydrogens is 472 g/mol. The van der Waals surface area contributed by atoms with Gasteiger partial charge in [0.05, 0.1) is 10.6 Å². The molecule has 178 valence electrons. The van der Waals surface area contributed by atoms with Gasteiger partial charge in [0, 0.05) is 68.5 Å². The number of nitrogens with zero attached hydrogens (tertiary/aromatic N) is 3. The van der Waals surface area contributed by atoms with Gasteiger partial charge < -0.3 is 19.4 Å². The number of benzene rings is 2. The lowest BCUT2D eigenvalue weighted by atomic mass is 10.0. The highest BCUT2D eigenvalue weighted by Gasteiger charge is 2.20. The van der Waals surface area contributed by atoms with E-state index in [0.29, 0.717) is 46.4 Å². The maximum Gasteiger partial charge on any atom is 0.219 e. The number of Topliss-reactive ketones (excluding diaryl/α,β-unsaturated/α-hetero) is 1. The SMILES string of the molecule is CC(=O)N1CCN(c2ccc(S(=O)Nc3ccc(Cl)cc3C(=O)C3=CCN(C)C=C3)cc2)CC1. The summed E-state index contributed by atoms with van der Waals surface area (Å²) in [5.41, 5.74) is 2.43. The van der Waals surface area contributed by atoms with Gasteiger partial charge in [0.15, 0.2) is 5.78 Å². The van der Waals surface area contributed by atoms with E-state index in [1.807, 2.05) is 53.4 Å². The molecule has 0 spiro atoms. The fourth-order valence-electron chi connectivity index (χ4n) is 3.91. The molecule has 1 atom stereocenters. The van der Waals surface area contributed by atoms with Crippen LogP contribution in [0.5, 0.6) is 0 Å². The molecule has 4 rings (SSSR count). The van der Waals surface area contributed by atoms with Gasteiger partial charge in [-0.25, -0.2) is 4.21 Å². The third kappa shape index (κ3) is 5.51. The lowest BCUT2D eigenvalue weighted by Crippen LogP contribution is -2.48. The molecule has 2 aromatic carbocycles. The number of piperazine rings is 1. The monoisotopic (exact) mass is 498 g/mol. The van der Waals surface area contributed by atoms with E-state index >= 15 is 0 Å². The second-order valence-electron chi connectivity index (χ2n) is 8.29. The van der Waals surface area contributed by atoms with Crippen LogP contribution >= 0.6 is 11.6 Å². The van der Waals surface area contributed by atoms with Crippen LogP contribution in [0.1, 0.15) is 17.3 Å². The topological polar surface area (TPSA) is 73.0 Å². The molecule has 1 unspecified atom stereocenters. The molecule has 2 aromatic rings. The normalized spacial score (nSPS) is 16.8. The van der Waals surface area contributed by atoms with Crippen molar-refractivity contribution in [3.63, 3.8) is 0 Å². The van der Waals surface area contributed by atoms with E-state index in [-0.39, 0.29) is 11.7 Å². The molecule has 34 heavy (non-hydrogen) atoms. The van der Waals surface area contributed by atoms with E-state index in [2.05, 4.69) is 9.62 Å². The molecule has 2 aliphatic heterocycles. The minimum absolute atomic E-state index is 0.0969. The van der Waals surface area contributed by atoms with Crippen molar-refractivity contribution >= 4 is 45.7 Å². The van der Waals surface area contributed by atoms with Gasteiger partial charge >= 0.3 is 0 Å². The Balaban J connectivity index is 1.46. The number of rotatable bonds is 6. The van der Waals surface area contributed by atoms with Crippen LogP contribution in [-0.4, -0.2) is 65.5 Å². The van der Waals surface area contributed by atoms with E-state index in [9.17, 15) is 13.8 Å². The highest BCUT2D eigenvalue weighted by atomic mass is 35.5. The molecule has 0 saturated carbocycles. The Kier molecular flexibility index (Phi) is 7.38. The van der Waals surface area contributed by atoms with Crippen molar-refractivity contribution in [3.8, 4) is 0 Å². The van der Waals surface area contributed by atoms with Gasteiger partial charge in [-0.05, 0) is 54.7 Å². The summed E-state index contributed by atoms with van der Waals surface area (Å²) >= 11 is 6.17. The first-order valence-electron chi connectivity index (χ1n) is 11.0. The molecule has 0 aromatic heterocycles. The smallest absolute Gasteiger partial charge is 0.219 e. The molecular formula is C25H27ClN4O3S. The van der Waals surface area contributed by atoms with Crippen molar-refractivity contribution in [2.24, 2.45) is 0 Å². The zero-order valence-electron chi connectivity index (χ0n) is 19.2. The first-order valence-corrected chi connectivity index (χ1v) is 12.6. The number of halogens is 1. The first kappa shape index (κ1) is 24.0. The van der Waals surface area contributed by atoms with Gasteiger partial charge in [-0.3, -0.25) is 9.59 Å². The number of hydrogen-bond donors (Lipinski definition) is 1. The Hall–Kier alpha value is -3.10. The summed E-state index contributed by atoms with van der Waals surface area (Å²) in [5, 5.41) is 0.436. The molecule has 2 heterocycles. The molecule has 0 radical (unpaired) electrons. The van der Waals surface area contributed by atoms with Crippen LogP contribution < -0.4 is 9.62 Å². The number of hydrogen-bond acceptors (Lipinski definition) is 5. The Bertz CT molecular complexity index is 1170. The quantitative estimate of drug-likeness (QED) is 0.615. The maximum atomic E-state index is 13.1. The Morgan fingerprint density at radius 2 is 1.74 bits per heavy atom. The van der Waals surface area contributed by atoms with Crippen LogP contribution in [0.4, 0.5) is 11.4 Å². The second-order valence-corrected chi connectivity index (χ2v) is 9.94. The molecule has 1 fully saturated rings. The summed E-state index contributed by atoms with van der Waals surface area (Å²) in [6, 6.07) is 12.4. The number of carbonyl (C=O) groups excluding carboxylic acids is 2. The van der Waals surface area contributed by atoms with Crippen molar-refractivity contribution in [2.75, 3.05) is 49.4 Å². The van der Waals surface area contributed by atoms with Crippen LogP contribution in [-0.2, 0) is 15.8 Å². The van der Waals surface area contributed by atoms with E-state index in [0.717, 1.165) is 18.8 Å². The fraction of sp³-hybridized carbons (Fsp3) is 0.280. The van der Waals surface area contributed by atoms with E-state index in [1.165, 1.54) is 0 Å². The lowest BCUT2D eigenvalue weighted by Gasteiger charge is -2.35. The van der Waals surface area contributed by atoms with Crippen LogP contribution in [0, 0.1) is 0 Å².